The molecule has 1 saturated heterocycles. The molecule has 0 unspecified atom stereocenters. The van der Waals surface area contributed by atoms with Gasteiger partial charge in [0.1, 0.15) is 6.10 Å². The van der Waals surface area contributed by atoms with Gasteiger partial charge in [-0.15, -0.1) is 5.10 Å². The third-order valence-corrected chi connectivity index (χ3v) is 3.54. The SMILES string of the molecule is CCn1nncc1CN1C[C@@H](C)O[C@@H](c2nc(C)no2)C1. The lowest BCUT2D eigenvalue weighted by Crippen LogP contribution is -2.42. The van der Waals surface area contributed by atoms with Crippen molar-refractivity contribution in [2.45, 2.75) is 46.1 Å². The van der Waals surface area contributed by atoms with E-state index in [4.69, 9.17) is 9.26 Å². The van der Waals surface area contributed by atoms with Crippen LogP contribution in [0.3, 0.4) is 0 Å². The zero-order valence-corrected chi connectivity index (χ0v) is 12.6. The average Bonchev–Trinajstić information content (AvgIpc) is 3.07. The number of aryl methyl sites for hydroxylation is 2. The minimum atomic E-state index is -0.180. The first-order chi connectivity index (χ1) is 10.2. The Hall–Kier alpha value is -1.80. The molecular weight excluding hydrogens is 272 g/mol. The van der Waals surface area contributed by atoms with E-state index >= 15 is 0 Å². The van der Waals surface area contributed by atoms with E-state index < -0.39 is 0 Å². The quantitative estimate of drug-likeness (QED) is 0.829. The van der Waals surface area contributed by atoms with Crippen LogP contribution in [-0.4, -0.2) is 49.2 Å². The molecule has 0 bridgehead atoms. The normalized spacial score (nSPS) is 23.6. The van der Waals surface area contributed by atoms with Gasteiger partial charge in [-0.3, -0.25) is 4.90 Å². The molecular formula is C13H20N6O2. The Morgan fingerprint density at radius 1 is 1.38 bits per heavy atom. The molecule has 0 aliphatic carbocycles. The molecule has 8 heteroatoms. The van der Waals surface area contributed by atoms with E-state index in [0.29, 0.717) is 11.7 Å². The van der Waals surface area contributed by atoms with Crippen LogP contribution in [0, 0.1) is 6.92 Å². The molecule has 3 heterocycles. The molecule has 0 amide bonds. The van der Waals surface area contributed by atoms with Crippen LogP contribution in [0.1, 0.15) is 37.4 Å². The molecule has 3 rings (SSSR count). The van der Waals surface area contributed by atoms with Crippen LogP contribution in [-0.2, 0) is 17.8 Å². The fraction of sp³-hybridized carbons (Fsp3) is 0.692. The summed E-state index contributed by atoms with van der Waals surface area (Å²) in [6.45, 7) is 9.11. The van der Waals surface area contributed by atoms with Crippen LogP contribution in [0.5, 0.6) is 0 Å². The number of hydrogen-bond acceptors (Lipinski definition) is 7. The molecule has 2 aromatic rings. The topological polar surface area (TPSA) is 82.1 Å². The number of ether oxygens (including phenoxy) is 1. The predicted molar refractivity (Wildman–Crippen MR) is 73.3 cm³/mol. The van der Waals surface area contributed by atoms with Crippen molar-refractivity contribution in [2.24, 2.45) is 0 Å². The van der Waals surface area contributed by atoms with Gasteiger partial charge in [0, 0.05) is 26.2 Å². The largest absolute Gasteiger partial charge is 0.363 e. The van der Waals surface area contributed by atoms with Crippen LogP contribution < -0.4 is 0 Å². The molecule has 1 aliphatic heterocycles. The monoisotopic (exact) mass is 292 g/mol. The number of rotatable bonds is 4. The summed E-state index contributed by atoms with van der Waals surface area (Å²) in [4.78, 5) is 6.58. The zero-order valence-electron chi connectivity index (χ0n) is 12.6. The lowest BCUT2D eigenvalue weighted by atomic mass is 10.2. The van der Waals surface area contributed by atoms with E-state index in [0.717, 1.165) is 31.9 Å². The molecule has 0 aromatic carbocycles. The Balaban J connectivity index is 1.71. The van der Waals surface area contributed by atoms with Gasteiger partial charge in [0.05, 0.1) is 18.0 Å². The maximum Gasteiger partial charge on any atom is 0.257 e. The average molecular weight is 292 g/mol. The molecule has 1 fully saturated rings. The van der Waals surface area contributed by atoms with E-state index in [-0.39, 0.29) is 12.2 Å². The number of morpholine rings is 1. The molecule has 2 aromatic heterocycles. The van der Waals surface area contributed by atoms with Gasteiger partial charge in [0.25, 0.3) is 5.89 Å². The Morgan fingerprint density at radius 2 is 2.24 bits per heavy atom. The van der Waals surface area contributed by atoms with Crippen molar-refractivity contribution in [1.29, 1.82) is 0 Å². The van der Waals surface area contributed by atoms with Crippen LogP contribution in [0.25, 0.3) is 0 Å². The van der Waals surface area contributed by atoms with E-state index in [2.05, 4.69) is 39.2 Å². The fourth-order valence-corrected chi connectivity index (χ4v) is 2.65. The fourth-order valence-electron chi connectivity index (χ4n) is 2.65. The second-order valence-electron chi connectivity index (χ2n) is 5.35. The van der Waals surface area contributed by atoms with E-state index in [1.165, 1.54) is 0 Å². The van der Waals surface area contributed by atoms with Crippen molar-refractivity contribution in [2.75, 3.05) is 13.1 Å². The maximum absolute atomic E-state index is 5.92. The summed E-state index contributed by atoms with van der Waals surface area (Å²) in [5.74, 6) is 1.18. The lowest BCUT2D eigenvalue weighted by Gasteiger charge is -2.35. The van der Waals surface area contributed by atoms with Crippen LogP contribution in [0.4, 0.5) is 0 Å². The van der Waals surface area contributed by atoms with Gasteiger partial charge in [-0.25, -0.2) is 4.68 Å². The summed E-state index contributed by atoms with van der Waals surface area (Å²) < 4.78 is 13.1. The lowest BCUT2D eigenvalue weighted by molar-refractivity contribution is -0.0935. The summed E-state index contributed by atoms with van der Waals surface area (Å²) >= 11 is 0. The molecule has 21 heavy (non-hydrogen) atoms. The smallest absolute Gasteiger partial charge is 0.257 e. The van der Waals surface area contributed by atoms with Gasteiger partial charge in [0.15, 0.2) is 5.82 Å². The predicted octanol–water partition coefficient (Wildman–Crippen LogP) is 0.951. The number of hydrogen-bond donors (Lipinski definition) is 0. The Kier molecular flexibility index (Phi) is 3.98. The van der Waals surface area contributed by atoms with Crippen molar-refractivity contribution in [3.63, 3.8) is 0 Å². The van der Waals surface area contributed by atoms with Crippen molar-refractivity contribution in [3.8, 4) is 0 Å². The highest BCUT2D eigenvalue weighted by Gasteiger charge is 2.30. The molecule has 1 aliphatic rings. The molecule has 114 valence electrons. The summed E-state index contributed by atoms with van der Waals surface area (Å²) in [5, 5.41) is 11.9. The van der Waals surface area contributed by atoms with Gasteiger partial charge in [-0.2, -0.15) is 4.98 Å². The maximum atomic E-state index is 5.92. The molecule has 0 N–H and O–H groups in total. The third-order valence-electron chi connectivity index (χ3n) is 3.54. The number of aromatic nitrogens is 5. The van der Waals surface area contributed by atoms with Gasteiger partial charge in [-0.05, 0) is 20.8 Å². The van der Waals surface area contributed by atoms with Crippen LogP contribution >= 0.6 is 0 Å². The van der Waals surface area contributed by atoms with Crippen molar-refractivity contribution < 1.29 is 9.26 Å². The van der Waals surface area contributed by atoms with Gasteiger partial charge in [-0.1, -0.05) is 10.4 Å². The summed E-state index contributed by atoms with van der Waals surface area (Å²) in [6.07, 6.45) is 1.75. The summed E-state index contributed by atoms with van der Waals surface area (Å²) in [7, 11) is 0. The van der Waals surface area contributed by atoms with Crippen LogP contribution in [0.2, 0.25) is 0 Å². The first-order valence-electron chi connectivity index (χ1n) is 7.21. The van der Waals surface area contributed by atoms with E-state index in [9.17, 15) is 0 Å². The number of nitrogens with zero attached hydrogens (tertiary/aromatic N) is 6. The molecule has 0 radical (unpaired) electrons. The minimum Gasteiger partial charge on any atom is -0.363 e. The highest BCUT2D eigenvalue weighted by atomic mass is 16.5. The van der Waals surface area contributed by atoms with E-state index in [1.807, 2.05) is 17.8 Å². The first-order valence-corrected chi connectivity index (χ1v) is 7.21. The van der Waals surface area contributed by atoms with Crippen molar-refractivity contribution >= 4 is 0 Å². The van der Waals surface area contributed by atoms with Crippen LogP contribution in [0.15, 0.2) is 10.7 Å². The Labute approximate surface area is 123 Å². The highest BCUT2D eigenvalue weighted by Crippen LogP contribution is 2.24. The minimum absolute atomic E-state index is 0.113. The second-order valence-corrected chi connectivity index (χ2v) is 5.35. The second kappa shape index (κ2) is 5.90. The summed E-state index contributed by atoms with van der Waals surface area (Å²) in [5.41, 5.74) is 1.10. The van der Waals surface area contributed by atoms with Gasteiger partial charge in [0.2, 0.25) is 0 Å². The van der Waals surface area contributed by atoms with Gasteiger partial charge >= 0.3 is 0 Å². The molecule has 2 atom stereocenters. The highest BCUT2D eigenvalue weighted by molar-refractivity contribution is 4.97. The Morgan fingerprint density at radius 3 is 2.95 bits per heavy atom. The standard InChI is InChI=1S/C13H20N6O2/c1-4-19-11(5-14-17-19)7-18-6-9(2)20-12(8-18)13-15-10(3)16-21-13/h5,9,12H,4,6-8H2,1-3H3/t9-,12-/m1/s1. The molecule has 0 spiro atoms. The third kappa shape index (κ3) is 3.11. The Bertz CT molecular complexity index is 595. The molecule has 0 saturated carbocycles. The zero-order chi connectivity index (χ0) is 14.8. The summed E-state index contributed by atoms with van der Waals surface area (Å²) in [6, 6.07) is 0. The van der Waals surface area contributed by atoms with Crippen molar-refractivity contribution in [1.82, 2.24) is 30.0 Å². The van der Waals surface area contributed by atoms with Crippen molar-refractivity contribution in [3.05, 3.63) is 23.6 Å². The van der Waals surface area contributed by atoms with E-state index in [1.54, 1.807) is 0 Å². The molecule has 8 nitrogen and oxygen atoms in total. The first kappa shape index (κ1) is 14.2. The van der Waals surface area contributed by atoms with Gasteiger partial charge < -0.3 is 9.26 Å².